The Kier molecular flexibility index (Phi) is 3.29. The molecule has 0 heterocycles. The van der Waals surface area contributed by atoms with Gasteiger partial charge in [0.05, 0.1) is 12.2 Å². The third kappa shape index (κ3) is 2.20. The average molecular weight is 180 g/mol. The van der Waals surface area contributed by atoms with Crippen molar-refractivity contribution in [2.45, 2.75) is 33.6 Å². The van der Waals surface area contributed by atoms with E-state index in [0.717, 1.165) is 24.0 Å². The van der Waals surface area contributed by atoms with Crippen LogP contribution in [0.25, 0.3) is 0 Å². The van der Waals surface area contributed by atoms with Gasteiger partial charge in [0.15, 0.2) is 0 Å². The zero-order chi connectivity index (χ0) is 9.84. The van der Waals surface area contributed by atoms with Crippen LogP contribution in [-0.2, 0) is 9.53 Å². The maximum atomic E-state index is 11.4. The second-order valence-electron chi connectivity index (χ2n) is 3.25. The zero-order valence-electron chi connectivity index (χ0n) is 8.52. The standard InChI is InChI=1S/C11H16O2/c1-4-9-6-8(3)10(7-9)11(12)13-5-2/h7H,4-6H2,1-3H3. The first-order valence-electron chi connectivity index (χ1n) is 4.75. The van der Waals surface area contributed by atoms with Crippen LogP contribution in [0.15, 0.2) is 22.8 Å². The molecular weight excluding hydrogens is 164 g/mol. The van der Waals surface area contributed by atoms with E-state index in [2.05, 4.69) is 6.92 Å². The van der Waals surface area contributed by atoms with Gasteiger partial charge in [-0.15, -0.1) is 0 Å². The predicted octanol–water partition coefficient (Wildman–Crippen LogP) is 2.61. The van der Waals surface area contributed by atoms with Crippen molar-refractivity contribution in [1.29, 1.82) is 0 Å². The van der Waals surface area contributed by atoms with Gasteiger partial charge in [0, 0.05) is 0 Å². The Bertz CT molecular complexity index is 272. The summed E-state index contributed by atoms with van der Waals surface area (Å²) in [5.41, 5.74) is 3.22. The van der Waals surface area contributed by atoms with Crippen molar-refractivity contribution >= 4 is 5.97 Å². The number of esters is 1. The zero-order valence-corrected chi connectivity index (χ0v) is 8.52. The van der Waals surface area contributed by atoms with E-state index in [0.29, 0.717) is 6.61 Å². The molecule has 1 aliphatic rings. The number of ether oxygens (including phenoxy) is 1. The van der Waals surface area contributed by atoms with E-state index in [1.807, 2.05) is 19.9 Å². The van der Waals surface area contributed by atoms with E-state index >= 15 is 0 Å². The molecule has 13 heavy (non-hydrogen) atoms. The molecule has 0 N–H and O–H groups in total. The van der Waals surface area contributed by atoms with Crippen LogP contribution < -0.4 is 0 Å². The largest absolute Gasteiger partial charge is 0.462 e. The van der Waals surface area contributed by atoms with E-state index in [4.69, 9.17) is 4.74 Å². The molecule has 0 atom stereocenters. The third-order valence-electron chi connectivity index (χ3n) is 2.25. The smallest absolute Gasteiger partial charge is 0.338 e. The van der Waals surface area contributed by atoms with Crippen LogP contribution in [0.5, 0.6) is 0 Å². The molecule has 0 fully saturated rings. The van der Waals surface area contributed by atoms with Gasteiger partial charge in [0.1, 0.15) is 0 Å². The van der Waals surface area contributed by atoms with Crippen LogP contribution in [0.3, 0.4) is 0 Å². The van der Waals surface area contributed by atoms with E-state index in [-0.39, 0.29) is 5.97 Å². The SMILES string of the molecule is CCOC(=O)C1=C(C)CC(CC)=C1. The van der Waals surface area contributed by atoms with Crippen molar-refractivity contribution < 1.29 is 9.53 Å². The van der Waals surface area contributed by atoms with Gasteiger partial charge in [-0.05, 0) is 32.8 Å². The van der Waals surface area contributed by atoms with Crippen molar-refractivity contribution in [3.63, 3.8) is 0 Å². The van der Waals surface area contributed by atoms with Crippen molar-refractivity contribution in [2.24, 2.45) is 0 Å². The fourth-order valence-electron chi connectivity index (χ4n) is 1.48. The lowest BCUT2D eigenvalue weighted by Crippen LogP contribution is -2.06. The van der Waals surface area contributed by atoms with E-state index in [1.54, 1.807) is 0 Å². The molecule has 0 aromatic carbocycles. The first kappa shape index (κ1) is 10.0. The van der Waals surface area contributed by atoms with Crippen LogP contribution >= 0.6 is 0 Å². The molecule has 0 aliphatic heterocycles. The molecule has 2 nitrogen and oxygen atoms in total. The Morgan fingerprint density at radius 2 is 2.23 bits per heavy atom. The molecule has 0 unspecified atom stereocenters. The van der Waals surface area contributed by atoms with Crippen LogP contribution in [-0.4, -0.2) is 12.6 Å². The topological polar surface area (TPSA) is 26.3 Å². The number of carbonyl (C=O) groups excluding carboxylic acids is 1. The minimum Gasteiger partial charge on any atom is -0.462 e. The number of carbonyl (C=O) groups is 1. The molecule has 1 aliphatic carbocycles. The Morgan fingerprint density at radius 1 is 1.54 bits per heavy atom. The minimum absolute atomic E-state index is 0.177. The summed E-state index contributed by atoms with van der Waals surface area (Å²) in [5.74, 6) is -0.177. The van der Waals surface area contributed by atoms with Crippen LogP contribution in [0, 0.1) is 0 Å². The Hall–Kier alpha value is -1.05. The first-order valence-corrected chi connectivity index (χ1v) is 4.75. The predicted molar refractivity (Wildman–Crippen MR) is 52.3 cm³/mol. The quantitative estimate of drug-likeness (QED) is 0.624. The summed E-state index contributed by atoms with van der Waals surface area (Å²) in [7, 11) is 0. The van der Waals surface area contributed by atoms with Crippen molar-refractivity contribution in [2.75, 3.05) is 6.61 Å². The highest BCUT2D eigenvalue weighted by Gasteiger charge is 2.18. The van der Waals surface area contributed by atoms with Gasteiger partial charge in [-0.25, -0.2) is 4.79 Å². The van der Waals surface area contributed by atoms with Gasteiger partial charge in [-0.2, -0.15) is 0 Å². The second kappa shape index (κ2) is 4.26. The number of allylic oxidation sites excluding steroid dienone is 2. The molecule has 0 radical (unpaired) electrons. The first-order chi connectivity index (χ1) is 6.19. The van der Waals surface area contributed by atoms with Gasteiger partial charge in [0.25, 0.3) is 0 Å². The highest BCUT2D eigenvalue weighted by Crippen LogP contribution is 2.27. The third-order valence-corrected chi connectivity index (χ3v) is 2.25. The van der Waals surface area contributed by atoms with Crippen molar-refractivity contribution in [3.8, 4) is 0 Å². The number of rotatable bonds is 3. The number of hydrogen-bond donors (Lipinski definition) is 0. The van der Waals surface area contributed by atoms with E-state index in [9.17, 15) is 4.79 Å². The molecule has 0 spiro atoms. The summed E-state index contributed by atoms with van der Waals surface area (Å²) in [4.78, 5) is 11.4. The molecule has 0 bridgehead atoms. The molecule has 0 saturated heterocycles. The lowest BCUT2D eigenvalue weighted by Gasteiger charge is -2.01. The molecule has 1 rings (SSSR count). The van der Waals surface area contributed by atoms with Crippen LogP contribution in [0.2, 0.25) is 0 Å². The molecule has 0 amide bonds. The average Bonchev–Trinajstić information content (AvgIpc) is 2.47. The van der Waals surface area contributed by atoms with Gasteiger partial charge >= 0.3 is 5.97 Å². The Morgan fingerprint density at radius 3 is 2.69 bits per heavy atom. The molecule has 2 heteroatoms. The fourth-order valence-corrected chi connectivity index (χ4v) is 1.48. The van der Waals surface area contributed by atoms with Crippen LogP contribution in [0.4, 0.5) is 0 Å². The fraction of sp³-hybridized carbons (Fsp3) is 0.545. The maximum absolute atomic E-state index is 11.4. The number of hydrogen-bond acceptors (Lipinski definition) is 2. The summed E-state index contributed by atoms with van der Waals surface area (Å²) in [5, 5.41) is 0. The Labute approximate surface area is 79.3 Å². The summed E-state index contributed by atoms with van der Waals surface area (Å²) in [6.07, 6.45) is 3.91. The van der Waals surface area contributed by atoms with Gasteiger partial charge in [0.2, 0.25) is 0 Å². The summed E-state index contributed by atoms with van der Waals surface area (Å²) >= 11 is 0. The molecule has 0 saturated carbocycles. The molecule has 72 valence electrons. The molecule has 0 aromatic heterocycles. The highest BCUT2D eigenvalue weighted by atomic mass is 16.5. The Balaban J connectivity index is 2.73. The van der Waals surface area contributed by atoms with Crippen molar-refractivity contribution in [1.82, 2.24) is 0 Å². The summed E-state index contributed by atoms with van der Waals surface area (Å²) in [6, 6.07) is 0. The van der Waals surface area contributed by atoms with E-state index in [1.165, 1.54) is 5.57 Å². The van der Waals surface area contributed by atoms with Crippen LogP contribution in [0.1, 0.15) is 33.6 Å². The molecular formula is C11H16O2. The highest BCUT2D eigenvalue weighted by molar-refractivity contribution is 5.93. The summed E-state index contributed by atoms with van der Waals surface area (Å²) in [6.45, 7) is 6.37. The normalized spacial score (nSPS) is 16.1. The second-order valence-corrected chi connectivity index (χ2v) is 3.25. The van der Waals surface area contributed by atoms with Gasteiger partial charge in [-0.3, -0.25) is 0 Å². The lowest BCUT2D eigenvalue weighted by atomic mass is 10.1. The monoisotopic (exact) mass is 180 g/mol. The lowest BCUT2D eigenvalue weighted by molar-refractivity contribution is -0.138. The van der Waals surface area contributed by atoms with Gasteiger partial charge in [-0.1, -0.05) is 18.1 Å². The minimum atomic E-state index is -0.177. The maximum Gasteiger partial charge on any atom is 0.338 e. The molecule has 0 aromatic rings. The van der Waals surface area contributed by atoms with Gasteiger partial charge < -0.3 is 4.74 Å². The van der Waals surface area contributed by atoms with Crippen molar-refractivity contribution in [3.05, 3.63) is 22.8 Å². The summed E-state index contributed by atoms with van der Waals surface area (Å²) < 4.78 is 4.95. The van der Waals surface area contributed by atoms with E-state index < -0.39 is 0 Å².